The van der Waals surface area contributed by atoms with Crippen LogP contribution in [-0.2, 0) is 7.05 Å². The first-order valence-corrected chi connectivity index (χ1v) is 14.2. The van der Waals surface area contributed by atoms with Gasteiger partial charge in [-0.25, -0.2) is 4.98 Å². The lowest BCUT2D eigenvalue weighted by molar-refractivity contribution is 0.0990. The maximum Gasteiger partial charge on any atom is 0.197 e. The predicted octanol–water partition coefficient (Wildman–Crippen LogP) is 8.31. The summed E-state index contributed by atoms with van der Waals surface area (Å²) in [6.45, 7) is 0. The molecule has 5 nitrogen and oxygen atoms in total. The number of hydrogen-bond acceptors (Lipinski definition) is 3. The van der Waals surface area contributed by atoms with E-state index in [2.05, 4.69) is 59.2 Å². The molecule has 0 radical (unpaired) electrons. The SMILES string of the molecule is Cn1c(-c2ccccc2)cc2c1nc(C=C1C(=O)c3cc4ccccc4cc3C1=O)n2-c1ccc(-c2ccccc2)cc1. The van der Waals surface area contributed by atoms with E-state index < -0.39 is 0 Å². The van der Waals surface area contributed by atoms with Gasteiger partial charge < -0.3 is 4.57 Å². The molecule has 1 aliphatic rings. The Morgan fingerprint density at radius 2 is 1.14 bits per heavy atom. The third-order valence-corrected chi connectivity index (χ3v) is 8.31. The van der Waals surface area contributed by atoms with Crippen molar-refractivity contribution in [2.45, 2.75) is 0 Å². The van der Waals surface area contributed by atoms with Crippen LogP contribution in [0.15, 0.2) is 133 Å². The molecule has 1 aliphatic carbocycles. The zero-order valence-corrected chi connectivity index (χ0v) is 23.4. The highest BCUT2D eigenvalue weighted by molar-refractivity contribution is 6.42. The van der Waals surface area contributed by atoms with Gasteiger partial charge in [-0.15, -0.1) is 0 Å². The van der Waals surface area contributed by atoms with E-state index in [0.29, 0.717) is 17.0 Å². The Labute approximate surface area is 248 Å². The van der Waals surface area contributed by atoms with E-state index in [1.807, 2.05) is 84.4 Å². The Balaban J connectivity index is 1.30. The second-order valence-corrected chi connectivity index (χ2v) is 10.8. The third kappa shape index (κ3) is 3.97. The van der Waals surface area contributed by atoms with Crippen molar-refractivity contribution < 1.29 is 9.59 Å². The van der Waals surface area contributed by atoms with Crippen LogP contribution in [0.1, 0.15) is 26.5 Å². The molecule has 5 aromatic carbocycles. The highest BCUT2D eigenvalue weighted by Gasteiger charge is 2.34. The summed E-state index contributed by atoms with van der Waals surface area (Å²) in [4.78, 5) is 32.3. The molecule has 5 heteroatoms. The van der Waals surface area contributed by atoms with E-state index in [9.17, 15) is 9.59 Å². The summed E-state index contributed by atoms with van der Waals surface area (Å²) in [6, 6.07) is 42.2. The predicted molar refractivity (Wildman–Crippen MR) is 171 cm³/mol. The van der Waals surface area contributed by atoms with Crippen molar-refractivity contribution in [2.24, 2.45) is 7.05 Å². The van der Waals surface area contributed by atoms with Crippen molar-refractivity contribution in [3.8, 4) is 28.1 Å². The summed E-state index contributed by atoms with van der Waals surface area (Å²) in [5.74, 6) is -0.00995. The van der Waals surface area contributed by atoms with Gasteiger partial charge >= 0.3 is 0 Å². The number of aromatic nitrogens is 3. The van der Waals surface area contributed by atoms with Gasteiger partial charge in [-0.2, -0.15) is 0 Å². The molecule has 8 rings (SSSR count). The van der Waals surface area contributed by atoms with Gasteiger partial charge in [0, 0.05) is 23.9 Å². The normalized spacial score (nSPS) is 12.8. The molecule has 43 heavy (non-hydrogen) atoms. The molecule has 204 valence electrons. The van der Waals surface area contributed by atoms with Crippen molar-refractivity contribution >= 4 is 39.6 Å². The van der Waals surface area contributed by atoms with Gasteiger partial charge in [0.05, 0.1) is 16.8 Å². The fraction of sp³-hybridized carbons (Fsp3) is 0.0263. The Hall–Kier alpha value is -5.81. The van der Waals surface area contributed by atoms with Gasteiger partial charge in [-0.05, 0) is 63.9 Å². The zero-order chi connectivity index (χ0) is 29.1. The average Bonchev–Trinajstić information content (AvgIpc) is 3.65. The van der Waals surface area contributed by atoms with Gasteiger partial charge in [-0.1, -0.05) is 97.1 Å². The maximum absolute atomic E-state index is 13.6. The van der Waals surface area contributed by atoms with Crippen LogP contribution >= 0.6 is 0 Å². The second-order valence-electron chi connectivity index (χ2n) is 10.8. The van der Waals surface area contributed by atoms with Crippen LogP contribution in [-0.4, -0.2) is 25.7 Å². The molecule has 0 saturated carbocycles. The van der Waals surface area contributed by atoms with E-state index >= 15 is 0 Å². The van der Waals surface area contributed by atoms with E-state index in [1.165, 1.54) is 0 Å². The molecule has 0 spiro atoms. The molecule has 2 aromatic heterocycles. The molecule has 0 N–H and O–H groups in total. The molecule has 0 unspecified atom stereocenters. The number of hydrogen-bond donors (Lipinski definition) is 0. The van der Waals surface area contributed by atoms with Crippen molar-refractivity contribution in [2.75, 3.05) is 0 Å². The van der Waals surface area contributed by atoms with Crippen LogP contribution in [0.25, 0.3) is 56.1 Å². The molecule has 7 aromatic rings. The van der Waals surface area contributed by atoms with Crippen LogP contribution in [0, 0.1) is 0 Å². The largest absolute Gasteiger partial charge is 0.327 e. The van der Waals surface area contributed by atoms with E-state index in [-0.39, 0.29) is 17.1 Å². The topological polar surface area (TPSA) is 56.9 Å². The standard InChI is InChI=1S/C38H25N3O2/c1-40-33(26-12-6-3-7-13-26)23-34-38(40)39-35(41(34)29-18-16-25(17-19-29)24-10-4-2-5-11-24)22-32-36(42)30-20-27-14-8-9-15-28(27)21-31(30)37(32)43/h2-23H,1H3. The number of Topliss-reactive ketones (excluding diaryl/α,β-unsaturated/α-hetero) is 2. The number of imidazole rings is 1. The summed E-state index contributed by atoms with van der Waals surface area (Å²) in [5, 5.41) is 1.87. The number of rotatable bonds is 4. The van der Waals surface area contributed by atoms with Crippen molar-refractivity contribution in [3.63, 3.8) is 0 Å². The number of allylic oxidation sites excluding steroid dienone is 1. The number of aryl methyl sites for hydroxylation is 1. The van der Waals surface area contributed by atoms with E-state index in [0.717, 1.165) is 50.0 Å². The molecule has 2 heterocycles. The van der Waals surface area contributed by atoms with Crippen LogP contribution in [0.4, 0.5) is 0 Å². The first kappa shape index (κ1) is 24.9. The van der Waals surface area contributed by atoms with Gasteiger partial charge in [0.2, 0.25) is 0 Å². The van der Waals surface area contributed by atoms with Crippen LogP contribution < -0.4 is 0 Å². The fourth-order valence-electron chi connectivity index (χ4n) is 6.11. The maximum atomic E-state index is 13.6. The first-order valence-electron chi connectivity index (χ1n) is 14.2. The lowest BCUT2D eigenvalue weighted by Crippen LogP contribution is -2.04. The van der Waals surface area contributed by atoms with Crippen LogP contribution in [0.3, 0.4) is 0 Å². The van der Waals surface area contributed by atoms with Gasteiger partial charge in [-0.3, -0.25) is 14.2 Å². The van der Waals surface area contributed by atoms with Crippen molar-refractivity contribution in [3.05, 3.63) is 150 Å². The Morgan fingerprint density at radius 1 is 0.605 bits per heavy atom. The molecule has 0 bridgehead atoms. The number of carbonyl (C=O) groups is 2. The zero-order valence-electron chi connectivity index (χ0n) is 23.4. The smallest absolute Gasteiger partial charge is 0.197 e. The van der Waals surface area contributed by atoms with E-state index in [1.54, 1.807) is 6.08 Å². The summed E-state index contributed by atoms with van der Waals surface area (Å²) in [5.41, 5.74) is 7.89. The Morgan fingerprint density at radius 3 is 1.74 bits per heavy atom. The lowest BCUT2D eigenvalue weighted by atomic mass is 10.0. The number of nitrogens with zero attached hydrogens (tertiary/aromatic N) is 3. The van der Waals surface area contributed by atoms with Crippen LogP contribution in [0.5, 0.6) is 0 Å². The molecule has 0 amide bonds. The molecule has 0 fully saturated rings. The lowest BCUT2D eigenvalue weighted by Gasteiger charge is -2.09. The van der Waals surface area contributed by atoms with Gasteiger partial charge in [0.15, 0.2) is 17.2 Å². The molecular weight excluding hydrogens is 530 g/mol. The van der Waals surface area contributed by atoms with E-state index in [4.69, 9.17) is 4.98 Å². The number of ketones is 2. The molecule has 0 aliphatic heterocycles. The summed E-state index contributed by atoms with van der Waals surface area (Å²) >= 11 is 0. The number of fused-ring (bicyclic) bond motifs is 3. The molecule has 0 saturated heterocycles. The minimum Gasteiger partial charge on any atom is -0.327 e. The van der Waals surface area contributed by atoms with Gasteiger partial charge in [0.25, 0.3) is 0 Å². The first-order chi connectivity index (χ1) is 21.1. The third-order valence-electron chi connectivity index (χ3n) is 8.31. The number of carbonyl (C=O) groups excluding carboxylic acids is 2. The van der Waals surface area contributed by atoms with Crippen molar-refractivity contribution in [1.29, 1.82) is 0 Å². The minimum atomic E-state index is -0.270. The van der Waals surface area contributed by atoms with Gasteiger partial charge in [0.1, 0.15) is 5.82 Å². The summed E-state index contributed by atoms with van der Waals surface area (Å²) in [6.07, 6.45) is 1.66. The summed E-state index contributed by atoms with van der Waals surface area (Å²) in [7, 11) is 1.99. The average molecular weight is 556 g/mol. The van der Waals surface area contributed by atoms with Crippen LogP contribution in [0.2, 0.25) is 0 Å². The molecule has 0 atom stereocenters. The van der Waals surface area contributed by atoms with Crippen molar-refractivity contribution in [1.82, 2.24) is 14.1 Å². The number of benzene rings is 5. The highest BCUT2D eigenvalue weighted by atomic mass is 16.2. The Kier molecular flexibility index (Phi) is 5.59. The monoisotopic (exact) mass is 555 g/mol. The highest BCUT2D eigenvalue weighted by Crippen LogP contribution is 2.35. The fourth-order valence-corrected chi connectivity index (χ4v) is 6.11. The summed E-state index contributed by atoms with van der Waals surface area (Å²) < 4.78 is 4.09. The minimum absolute atomic E-state index is 0.131. The molecular formula is C38H25N3O2. The Bertz CT molecular complexity index is 2200. The second kappa shape index (κ2) is 9.64. The quantitative estimate of drug-likeness (QED) is 0.162.